The summed E-state index contributed by atoms with van der Waals surface area (Å²) in [6.45, 7) is 4.47. The van der Waals surface area contributed by atoms with Crippen LogP contribution < -0.4 is 10.2 Å². The number of ether oxygens (including phenoxy) is 1. The number of nitrogens with zero attached hydrogens (tertiary/aromatic N) is 5. The molecule has 0 atom stereocenters. The number of aromatic nitrogens is 4. The normalized spacial score (nSPS) is 11.3. The minimum atomic E-state index is -0.270. The number of aromatic hydroxyl groups is 1. The fourth-order valence-electron chi connectivity index (χ4n) is 3.43. The SMILES string of the molecule is CCOc1ccc(-n2c(SCC(=O)N/N=C(/CC)c3ccc(O)cc3)nnc2-c2cccnc2)cc1. The van der Waals surface area contributed by atoms with Crippen LogP contribution in [0.4, 0.5) is 0 Å². The zero-order valence-corrected chi connectivity index (χ0v) is 20.8. The summed E-state index contributed by atoms with van der Waals surface area (Å²) in [5.41, 5.74) is 5.81. The second-order valence-electron chi connectivity index (χ2n) is 7.59. The Bertz CT molecular complexity index is 1320. The van der Waals surface area contributed by atoms with Crippen LogP contribution in [0.15, 0.2) is 83.3 Å². The minimum Gasteiger partial charge on any atom is -0.508 e. The van der Waals surface area contributed by atoms with Crippen molar-refractivity contribution in [3.8, 4) is 28.6 Å². The van der Waals surface area contributed by atoms with Gasteiger partial charge in [-0.25, -0.2) is 5.43 Å². The quantitative estimate of drug-likeness (QED) is 0.187. The smallest absolute Gasteiger partial charge is 0.250 e. The fourth-order valence-corrected chi connectivity index (χ4v) is 4.17. The number of thioether (sulfide) groups is 1. The molecule has 9 nitrogen and oxygen atoms in total. The Hall–Kier alpha value is -4.18. The highest BCUT2D eigenvalue weighted by molar-refractivity contribution is 7.99. The zero-order chi connectivity index (χ0) is 25.3. The summed E-state index contributed by atoms with van der Waals surface area (Å²) < 4.78 is 7.45. The average molecular weight is 503 g/mol. The van der Waals surface area contributed by atoms with Crippen molar-refractivity contribution < 1.29 is 14.6 Å². The molecular weight excluding hydrogens is 476 g/mol. The third kappa shape index (κ3) is 6.08. The van der Waals surface area contributed by atoms with Crippen LogP contribution in [-0.2, 0) is 4.79 Å². The van der Waals surface area contributed by atoms with Crippen molar-refractivity contribution in [1.82, 2.24) is 25.2 Å². The van der Waals surface area contributed by atoms with E-state index in [2.05, 4.69) is 25.7 Å². The molecule has 0 aliphatic carbocycles. The fraction of sp³-hybridized carbons (Fsp3) is 0.192. The molecule has 0 fully saturated rings. The lowest BCUT2D eigenvalue weighted by Gasteiger charge is -2.11. The molecule has 36 heavy (non-hydrogen) atoms. The Kier molecular flexibility index (Phi) is 8.30. The summed E-state index contributed by atoms with van der Waals surface area (Å²) in [5, 5.41) is 23.0. The Labute approximate surface area is 213 Å². The number of hydrogen-bond acceptors (Lipinski definition) is 8. The van der Waals surface area contributed by atoms with Crippen LogP contribution in [0.1, 0.15) is 25.8 Å². The number of hydrazone groups is 1. The Morgan fingerprint density at radius 1 is 1.08 bits per heavy atom. The zero-order valence-electron chi connectivity index (χ0n) is 20.0. The van der Waals surface area contributed by atoms with E-state index >= 15 is 0 Å². The number of phenols is 1. The van der Waals surface area contributed by atoms with Gasteiger partial charge in [-0.05, 0) is 79.6 Å². The summed E-state index contributed by atoms with van der Waals surface area (Å²) in [4.78, 5) is 16.8. The lowest BCUT2D eigenvalue weighted by molar-refractivity contribution is -0.118. The summed E-state index contributed by atoms with van der Waals surface area (Å²) >= 11 is 1.26. The minimum absolute atomic E-state index is 0.0955. The Morgan fingerprint density at radius 3 is 2.53 bits per heavy atom. The van der Waals surface area contributed by atoms with E-state index in [9.17, 15) is 9.90 Å². The molecule has 10 heteroatoms. The van der Waals surface area contributed by atoms with Gasteiger partial charge in [-0.3, -0.25) is 14.3 Å². The molecule has 0 spiro atoms. The predicted molar refractivity (Wildman–Crippen MR) is 140 cm³/mol. The maximum atomic E-state index is 12.6. The van der Waals surface area contributed by atoms with E-state index in [1.165, 1.54) is 11.8 Å². The number of hydrogen-bond donors (Lipinski definition) is 2. The maximum Gasteiger partial charge on any atom is 0.250 e. The summed E-state index contributed by atoms with van der Waals surface area (Å²) in [6, 6.07) is 18.1. The predicted octanol–water partition coefficient (Wildman–Crippen LogP) is 4.46. The largest absolute Gasteiger partial charge is 0.508 e. The van der Waals surface area contributed by atoms with Crippen molar-refractivity contribution in [2.45, 2.75) is 25.4 Å². The number of nitrogens with one attached hydrogen (secondary N) is 1. The number of carbonyl (C=O) groups is 1. The van der Waals surface area contributed by atoms with Gasteiger partial charge in [0.15, 0.2) is 11.0 Å². The van der Waals surface area contributed by atoms with Crippen LogP contribution in [0.5, 0.6) is 11.5 Å². The molecule has 0 bridgehead atoms. The van der Waals surface area contributed by atoms with Crippen molar-refractivity contribution in [2.75, 3.05) is 12.4 Å². The van der Waals surface area contributed by atoms with Crippen molar-refractivity contribution in [3.63, 3.8) is 0 Å². The van der Waals surface area contributed by atoms with E-state index < -0.39 is 0 Å². The molecule has 2 N–H and O–H groups in total. The summed E-state index contributed by atoms with van der Waals surface area (Å²) in [6.07, 6.45) is 4.05. The molecule has 2 aromatic carbocycles. The topological polar surface area (TPSA) is 115 Å². The van der Waals surface area contributed by atoms with Crippen LogP contribution in [0.2, 0.25) is 0 Å². The number of rotatable bonds is 10. The van der Waals surface area contributed by atoms with Gasteiger partial charge in [0.25, 0.3) is 5.91 Å². The third-order valence-corrected chi connectivity index (χ3v) is 6.07. The van der Waals surface area contributed by atoms with Crippen LogP contribution >= 0.6 is 11.8 Å². The van der Waals surface area contributed by atoms with E-state index in [1.54, 1.807) is 36.7 Å². The first-order chi connectivity index (χ1) is 17.6. The number of carbonyl (C=O) groups excluding carboxylic acids is 1. The van der Waals surface area contributed by atoms with Gasteiger partial charge in [0.2, 0.25) is 0 Å². The first-order valence-corrected chi connectivity index (χ1v) is 12.4. The van der Waals surface area contributed by atoms with E-state index in [0.29, 0.717) is 29.7 Å². The highest BCUT2D eigenvalue weighted by atomic mass is 32.2. The molecule has 4 aromatic rings. The molecule has 184 valence electrons. The second kappa shape index (κ2) is 12.0. The van der Waals surface area contributed by atoms with Gasteiger partial charge in [0, 0.05) is 23.6 Å². The second-order valence-corrected chi connectivity index (χ2v) is 8.54. The van der Waals surface area contributed by atoms with Gasteiger partial charge in [-0.15, -0.1) is 10.2 Å². The first-order valence-electron chi connectivity index (χ1n) is 11.5. The average Bonchev–Trinajstić information content (AvgIpc) is 3.34. The molecule has 2 aromatic heterocycles. The van der Waals surface area contributed by atoms with Gasteiger partial charge < -0.3 is 9.84 Å². The standard InChI is InChI=1S/C26H26N6O3S/c1-3-23(18-7-11-21(33)12-8-18)28-29-24(34)17-36-26-31-30-25(19-6-5-15-27-16-19)32(26)20-9-13-22(14-10-20)35-4-2/h5-16,33H,3-4,17H2,1-2H3,(H,29,34)/b28-23-. The lowest BCUT2D eigenvalue weighted by Crippen LogP contribution is -2.22. The molecule has 4 rings (SSSR count). The van der Waals surface area contributed by atoms with Crippen LogP contribution in [-0.4, -0.2) is 48.8 Å². The van der Waals surface area contributed by atoms with E-state index in [4.69, 9.17) is 4.74 Å². The highest BCUT2D eigenvalue weighted by Gasteiger charge is 2.18. The molecule has 1 amide bonds. The van der Waals surface area contributed by atoms with Gasteiger partial charge in [0.1, 0.15) is 11.5 Å². The number of amides is 1. The van der Waals surface area contributed by atoms with Crippen molar-refractivity contribution >= 4 is 23.4 Å². The highest BCUT2D eigenvalue weighted by Crippen LogP contribution is 2.28. The van der Waals surface area contributed by atoms with Crippen molar-refractivity contribution in [1.29, 1.82) is 0 Å². The molecule has 0 aliphatic heterocycles. The number of benzene rings is 2. The number of pyridine rings is 1. The molecular formula is C26H26N6O3S. The van der Waals surface area contributed by atoms with Crippen LogP contribution in [0.3, 0.4) is 0 Å². The maximum absolute atomic E-state index is 12.6. The molecule has 0 radical (unpaired) electrons. The Balaban J connectivity index is 1.53. The number of phenolic OH excluding ortho intramolecular Hbond substituents is 1. The lowest BCUT2D eigenvalue weighted by atomic mass is 10.1. The van der Waals surface area contributed by atoms with E-state index in [1.807, 2.05) is 54.8 Å². The van der Waals surface area contributed by atoms with Gasteiger partial charge in [-0.2, -0.15) is 5.10 Å². The molecule has 0 saturated heterocycles. The Morgan fingerprint density at radius 2 is 1.86 bits per heavy atom. The van der Waals surface area contributed by atoms with Gasteiger partial charge >= 0.3 is 0 Å². The third-order valence-electron chi connectivity index (χ3n) is 5.14. The summed E-state index contributed by atoms with van der Waals surface area (Å²) in [7, 11) is 0. The van der Waals surface area contributed by atoms with Gasteiger partial charge in [-0.1, -0.05) is 18.7 Å². The molecule has 0 aliphatic rings. The molecule has 2 heterocycles. The van der Waals surface area contributed by atoms with Gasteiger partial charge in [0.05, 0.1) is 18.1 Å². The van der Waals surface area contributed by atoms with Crippen LogP contribution in [0, 0.1) is 0 Å². The van der Waals surface area contributed by atoms with E-state index in [-0.39, 0.29) is 17.4 Å². The van der Waals surface area contributed by atoms with Crippen molar-refractivity contribution in [3.05, 3.63) is 78.6 Å². The van der Waals surface area contributed by atoms with Crippen LogP contribution in [0.25, 0.3) is 17.1 Å². The summed E-state index contributed by atoms with van der Waals surface area (Å²) in [5.74, 6) is 1.39. The molecule has 0 unspecified atom stereocenters. The first kappa shape index (κ1) is 24.9. The monoisotopic (exact) mass is 502 g/mol. The van der Waals surface area contributed by atoms with E-state index in [0.717, 1.165) is 22.6 Å². The molecule has 0 saturated carbocycles. The van der Waals surface area contributed by atoms with Crippen molar-refractivity contribution in [2.24, 2.45) is 5.10 Å².